The Morgan fingerprint density at radius 1 is 1.32 bits per heavy atom. The number of aliphatic hydroxyl groups excluding tert-OH is 1. The van der Waals surface area contributed by atoms with Gasteiger partial charge in [-0.3, -0.25) is 0 Å². The van der Waals surface area contributed by atoms with Crippen LogP contribution in [0, 0.1) is 0 Å². The van der Waals surface area contributed by atoms with Gasteiger partial charge in [0, 0.05) is 24.3 Å². The standard InChI is InChI=1S/C12H17N3O3S/c13-12-7-11(3-4-14-12)19(17,18)15-8-1-2-9(15)6-10(16)5-8/h3-4,7-10,16H,1-2,5-6H2,(H2,13,14). The lowest BCUT2D eigenvalue weighted by atomic mass is 10.0. The van der Waals surface area contributed by atoms with Crippen LogP contribution in [0.2, 0.25) is 0 Å². The molecule has 0 aliphatic carbocycles. The Bertz CT molecular complexity index is 576. The molecule has 3 heterocycles. The second-order valence-electron chi connectivity index (χ2n) is 5.26. The molecule has 104 valence electrons. The predicted octanol–water partition coefficient (Wildman–Crippen LogP) is 0.340. The summed E-state index contributed by atoms with van der Waals surface area (Å²) in [5.41, 5.74) is 5.56. The molecule has 7 heteroatoms. The molecular weight excluding hydrogens is 266 g/mol. The molecule has 2 unspecified atom stereocenters. The van der Waals surface area contributed by atoms with Crippen molar-refractivity contribution in [3.63, 3.8) is 0 Å². The van der Waals surface area contributed by atoms with Crippen LogP contribution in [0.15, 0.2) is 23.2 Å². The maximum absolute atomic E-state index is 12.7. The number of anilines is 1. The number of nitrogens with zero attached hydrogens (tertiary/aromatic N) is 2. The van der Waals surface area contributed by atoms with Crippen LogP contribution in [0.5, 0.6) is 0 Å². The van der Waals surface area contributed by atoms with Gasteiger partial charge in [-0.15, -0.1) is 0 Å². The Morgan fingerprint density at radius 3 is 2.53 bits per heavy atom. The van der Waals surface area contributed by atoms with E-state index in [1.165, 1.54) is 18.3 Å². The zero-order chi connectivity index (χ0) is 13.6. The van der Waals surface area contributed by atoms with Crippen molar-refractivity contribution in [1.82, 2.24) is 9.29 Å². The molecule has 0 aromatic carbocycles. The molecule has 0 spiro atoms. The number of hydrogen-bond donors (Lipinski definition) is 2. The summed E-state index contributed by atoms with van der Waals surface area (Å²) in [5, 5.41) is 9.74. The number of piperidine rings is 1. The molecule has 6 nitrogen and oxygen atoms in total. The van der Waals surface area contributed by atoms with E-state index < -0.39 is 10.0 Å². The van der Waals surface area contributed by atoms with E-state index in [2.05, 4.69) is 4.98 Å². The molecule has 1 aromatic heterocycles. The minimum absolute atomic E-state index is 0.0897. The molecule has 2 atom stereocenters. The van der Waals surface area contributed by atoms with Gasteiger partial charge in [-0.05, 0) is 31.7 Å². The number of nitrogens with two attached hydrogens (primary N) is 1. The molecule has 0 radical (unpaired) electrons. The van der Waals surface area contributed by atoms with Crippen LogP contribution in [-0.2, 0) is 10.0 Å². The second kappa shape index (κ2) is 4.43. The number of aliphatic hydroxyl groups is 1. The van der Waals surface area contributed by atoms with Crippen LogP contribution in [-0.4, -0.2) is 41.0 Å². The van der Waals surface area contributed by atoms with E-state index in [1.54, 1.807) is 4.31 Å². The first-order chi connectivity index (χ1) is 8.98. The minimum Gasteiger partial charge on any atom is -0.393 e. The molecule has 0 saturated carbocycles. The molecule has 2 aliphatic rings. The highest BCUT2D eigenvalue weighted by Gasteiger charge is 2.46. The van der Waals surface area contributed by atoms with Gasteiger partial charge in [0.05, 0.1) is 11.0 Å². The lowest BCUT2D eigenvalue weighted by Gasteiger charge is -2.35. The van der Waals surface area contributed by atoms with Gasteiger partial charge >= 0.3 is 0 Å². The fourth-order valence-electron chi connectivity index (χ4n) is 3.21. The number of nitrogen functional groups attached to an aromatic ring is 1. The van der Waals surface area contributed by atoms with Crippen molar-refractivity contribution in [1.29, 1.82) is 0 Å². The molecule has 2 aliphatic heterocycles. The zero-order valence-corrected chi connectivity index (χ0v) is 11.3. The van der Waals surface area contributed by atoms with Crippen LogP contribution < -0.4 is 5.73 Å². The van der Waals surface area contributed by atoms with E-state index in [-0.39, 0.29) is 28.9 Å². The SMILES string of the molecule is Nc1cc(S(=O)(=O)N2C3CCC2CC(O)C3)ccn1. The lowest BCUT2D eigenvalue weighted by Crippen LogP contribution is -2.47. The summed E-state index contributed by atoms with van der Waals surface area (Å²) in [5.74, 6) is 0.200. The van der Waals surface area contributed by atoms with Crippen LogP contribution >= 0.6 is 0 Å². The average molecular weight is 283 g/mol. The first kappa shape index (κ1) is 12.8. The fraction of sp³-hybridized carbons (Fsp3) is 0.583. The molecule has 3 rings (SSSR count). The van der Waals surface area contributed by atoms with Gasteiger partial charge in [-0.1, -0.05) is 0 Å². The zero-order valence-electron chi connectivity index (χ0n) is 10.4. The smallest absolute Gasteiger partial charge is 0.243 e. The third-order valence-corrected chi connectivity index (χ3v) is 5.97. The Balaban J connectivity index is 1.98. The first-order valence-electron chi connectivity index (χ1n) is 6.41. The van der Waals surface area contributed by atoms with E-state index in [9.17, 15) is 13.5 Å². The van der Waals surface area contributed by atoms with Crippen molar-refractivity contribution < 1.29 is 13.5 Å². The van der Waals surface area contributed by atoms with Gasteiger partial charge < -0.3 is 10.8 Å². The van der Waals surface area contributed by atoms with Crippen molar-refractivity contribution in [3.05, 3.63) is 18.3 Å². The average Bonchev–Trinajstić information content (AvgIpc) is 2.63. The van der Waals surface area contributed by atoms with Crippen molar-refractivity contribution in [3.8, 4) is 0 Å². The van der Waals surface area contributed by atoms with Crippen molar-refractivity contribution in [2.75, 3.05) is 5.73 Å². The Kier molecular flexibility index (Phi) is 2.99. The first-order valence-corrected chi connectivity index (χ1v) is 7.85. The summed E-state index contributed by atoms with van der Waals surface area (Å²) in [6.07, 6.45) is 3.71. The summed E-state index contributed by atoms with van der Waals surface area (Å²) in [7, 11) is -3.54. The lowest BCUT2D eigenvalue weighted by molar-refractivity contribution is 0.0769. The largest absolute Gasteiger partial charge is 0.393 e. The molecular formula is C12H17N3O3S. The Labute approximate surface area is 112 Å². The fourth-order valence-corrected chi connectivity index (χ4v) is 5.12. The van der Waals surface area contributed by atoms with E-state index in [4.69, 9.17) is 5.73 Å². The molecule has 2 saturated heterocycles. The van der Waals surface area contributed by atoms with Gasteiger partial charge in [0.25, 0.3) is 0 Å². The third-order valence-electron chi connectivity index (χ3n) is 3.97. The van der Waals surface area contributed by atoms with Gasteiger partial charge in [-0.25, -0.2) is 13.4 Å². The van der Waals surface area contributed by atoms with Crippen LogP contribution in [0.25, 0.3) is 0 Å². The van der Waals surface area contributed by atoms with Crippen LogP contribution in [0.3, 0.4) is 0 Å². The Morgan fingerprint density at radius 2 is 1.95 bits per heavy atom. The second-order valence-corrected chi connectivity index (χ2v) is 7.10. The highest BCUT2D eigenvalue weighted by molar-refractivity contribution is 7.89. The van der Waals surface area contributed by atoms with E-state index >= 15 is 0 Å². The highest BCUT2D eigenvalue weighted by Crippen LogP contribution is 2.39. The monoisotopic (exact) mass is 283 g/mol. The summed E-state index contributed by atoms with van der Waals surface area (Å²) >= 11 is 0. The number of fused-ring (bicyclic) bond motifs is 2. The molecule has 2 fully saturated rings. The van der Waals surface area contributed by atoms with E-state index in [1.807, 2.05) is 0 Å². The topological polar surface area (TPSA) is 96.5 Å². The maximum atomic E-state index is 12.7. The van der Waals surface area contributed by atoms with Gasteiger partial charge in [0.2, 0.25) is 10.0 Å². The number of rotatable bonds is 2. The Hall–Kier alpha value is -1.18. The molecule has 19 heavy (non-hydrogen) atoms. The summed E-state index contributed by atoms with van der Waals surface area (Å²) in [4.78, 5) is 4.01. The van der Waals surface area contributed by atoms with Crippen molar-refractivity contribution in [2.24, 2.45) is 0 Å². The third kappa shape index (κ3) is 2.11. The number of sulfonamides is 1. The summed E-state index contributed by atoms with van der Waals surface area (Å²) in [6, 6.07) is 2.68. The molecule has 3 N–H and O–H groups in total. The molecule has 0 amide bonds. The highest BCUT2D eigenvalue weighted by atomic mass is 32.2. The number of aromatic nitrogens is 1. The molecule has 2 bridgehead atoms. The van der Waals surface area contributed by atoms with Crippen molar-refractivity contribution in [2.45, 2.75) is 48.8 Å². The van der Waals surface area contributed by atoms with Gasteiger partial charge in [0.1, 0.15) is 5.82 Å². The summed E-state index contributed by atoms with van der Waals surface area (Å²) < 4.78 is 26.9. The van der Waals surface area contributed by atoms with E-state index in [0.29, 0.717) is 12.8 Å². The van der Waals surface area contributed by atoms with Crippen molar-refractivity contribution >= 4 is 15.8 Å². The van der Waals surface area contributed by atoms with E-state index in [0.717, 1.165) is 12.8 Å². The summed E-state index contributed by atoms with van der Waals surface area (Å²) in [6.45, 7) is 0. The normalized spacial score (nSPS) is 31.5. The quantitative estimate of drug-likeness (QED) is 0.816. The van der Waals surface area contributed by atoms with Gasteiger partial charge in [-0.2, -0.15) is 4.31 Å². The van der Waals surface area contributed by atoms with Crippen LogP contribution in [0.1, 0.15) is 25.7 Å². The van der Waals surface area contributed by atoms with Gasteiger partial charge in [0.15, 0.2) is 0 Å². The molecule has 1 aromatic rings. The predicted molar refractivity (Wildman–Crippen MR) is 69.7 cm³/mol. The number of pyridine rings is 1. The minimum atomic E-state index is -3.54. The number of hydrogen-bond acceptors (Lipinski definition) is 5. The maximum Gasteiger partial charge on any atom is 0.243 e. The van der Waals surface area contributed by atoms with Crippen LogP contribution in [0.4, 0.5) is 5.82 Å².